The van der Waals surface area contributed by atoms with Gasteiger partial charge in [-0.15, -0.1) is 0 Å². The molecule has 2 saturated carbocycles. The molecule has 9 nitrogen and oxygen atoms in total. The second-order valence-corrected chi connectivity index (χ2v) is 14.0. The zero-order valence-corrected chi connectivity index (χ0v) is 24.8. The monoisotopic (exact) mass is 560 g/mol. The largest absolute Gasteiger partial charge is 0.463 e. The predicted octanol–water partition coefficient (Wildman–Crippen LogP) is 3.89. The number of aliphatic hydroxyl groups is 1. The Morgan fingerprint density at radius 2 is 1.62 bits per heavy atom. The summed E-state index contributed by atoms with van der Waals surface area (Å²) >= 11 is 0. The molecule has 4 fully saturated rings. The molecule has 0 spiro atoms. The van der Waals surface area contributed by atoms with Gasteiger partial charge in [-0.2, -0.15) is 0 Å². The van der Waals surface area contributed by atoms with E-state index in [1.165, 1.54) is 19.4 Å². The third-order valence-corrected chi connectivity index (χ3v) is 11.6. The standard InChI is InChI=1S/C31H44O9/c1-16(32)38-24-13-23-28(3,4)40-26(35)14-25(39-17(2)33)31(23,7)22-10-11-29(5)19(8-9-21(29)30(22,24)6)18-12-20(34)27(36)37-15-18/h9,18-20,22-25,34H,8,10-15H2,1-7H3. The van der Waals surface area contributed by atoms with Gasteiger partial charge in [-0.1, -0.05) is 32.4 Å². The summed E-state index contributed by atoms with van der Waals surface area (Å²) in [5, 5.41) is 10.3. The number of hydrogen-bond acceptors (Lipinski definition) is 9. The van der Waals surface area contributed by atoms with Crippen molar-refractivity contribution in [3.8, 4) is 0 Å². The second kappa shape index (κ2) is 9.57. The van der Waals surface area contributed by atoms with Crippen molar-refractivity contribution in [2.75, 3.05) is 6.61 Å². The Morgan fingerprint density at radius 3 is 2.25 bits per heavy atom. The van der Waals surface area contributed by atoms with Gasteiger partial charge in [0.2, 0.25) is 0 Å². The molecule has 2 aliphatic heterocycles. The first kappa shape index (κ1) is 29.1. The summed E-state index contributed by atoms with van der Waals surface area (Å²) in [6.45, 7) is 13.5. The van der Waals surface area contributed by atoms with E-state index in [9.17, 15) is 24.3 Å². The molecule has 0 aromatic carbocycles. The summed E-state index contributed by atoms with van der Waals surface area (Å²) in [6.07, 6.45) is 3.20. The minimum Gasteiger partial charge on any atom is -0.463 e. The molecule has 2 heterocycles. The Hall–Kier alpha value is -2.42. The Balaban J connectivity index is 1.61. The summed E-state index contributed by atoms with van der Waals surface area (Å²) in [7, 11) is 0. The first-order chi connectivity index (χ1) is 18.5. The molecule has 0 bridgehead atoms. The lowest BCUT2D eigenvalue weighted by atomic mass is 9.39. The van der Waals surface area contributed by atoms with Crippen molar-refractivity contribution < 1.29 is 43.2 Å². The van der Waals surface area contributed by atoms with Crippen molar-refractivity contribution in [2.24, 2.45) is 39.9 Å². The molecule has 3 aliphatic carbocycles. The number of esters is 4. The number of carbonyl (C=O) groups excluding carboxylic acids is 4. The van der Waals surface area contributed by atoms with E-state index in [1.807, 2.05) is 13.8 Å². The lowest BCUT2D eigenvalue weighted by molar-refractivity contribution is -0.227. The van der Waals surface area contributed by atoms with E-state index >= 15 is 0 Å². The van der Waals surface area contributed by atoms with E-state index < -0.39 is 52.7 Å². The van der Waals surface area contributed by atoms with Crippen LogP contribution in [0.2, 0.25) is 0 Å². The molecule has 9 heteroatoms. The molecule has 40 heavy (non-hydrogen) atoms. The number of cyclic esters (lactones) is 2. The lowest BCUT2D eigenvalue weighted by Gasteiger charge is -2.66. The van der Waals surface area contributed by atoms with Gasteiger partial charge < -0.3 is 24.1 Å². The number of allylic oxidation sites excluding steroid dienone is 1. The fraction of sp³-hybridized carbons (Fsp3) is 0.806. The van der Waals surface area contributed by atoms with Gasteiger partial charge in [0, 0.05) is 36.5 Å². The highest BCUT2D eigenvalue weighted by atomic mass is 16.6. The van der Waals surface area contributed by atoms with Gasteiger partial charge >= 0.3 is 23.9 Å². The maximum absolute atomic E-state index is 13.0. The van der Waals surface area contributed by atoms with Crippen LogP contribution in [0.15, 0.2) is 11.6 Å². The lowest BCUT2D eigenvalue weighted by Crippen LogP contribution is -2.67. The van der Waals surface area contributed by atoms with Crippen LogP contribution in [0.25, 0.3) is 0 Å². The number of hydrogen-bond donors (Lipinski definition) is 1. The van der Waals surface area contributed by atoms with Crippen molar-refractivity contribution in [2.45, 2.75) is 111 Å². The van der Waals surface area contributed by atoms with E-state index in [4.69, 9.17) is 18.9 Å². The normalized spacial score (nSPS) is 45.9. The Bertz CT molecular complexity index is 1140. The molecule has 0 aromatic rings. The third-order valence-electron chi connectivity index (χ3n) is 11.6. The van der Waals surface area contributed by atoms with E-state index in [-0.39, 0.29) is 48.1 Å². The van der Waals surface area contributed by atoms with Crippen LogP contribution in [0.5, 0.6) is 0 Å². The number of ether oxygens (including phenoxy) is 4. The van der Waals surface area contributed by atoms with Gasteiger partial charge in [-0.3, -0.25) is 14.4 Å². The molecular weight excluding hydrogens is 516 g/mol. The van der Waals surface area contributed by atoms with E-state index in [1.54, 1.807) is 0 Å². The third kappa shape index (κ3) is 4.21. The molecule has 5 aliphatic rings. The number of fused-ring (bicyclic) bond motifs is 5. The summed E-state index contributed by atoms with van der Waals surface area (Å²) in [6, 6.07) is 0. The fourth-order valence-electron chi connectivity index (χ4n) is 10.1. The van der Waals surface area contributed by atoms with Crippen LogP contribution in [0.1, 0.15) is 87.0 Å². The van der Waals surface area contributed by atoms with Gasteiger partial charge in [0.15, 0.2) is 6.10 Å². The maximum Gasteiger partial charge on any atom is 0.334 e. The Morgan fingerprint density at radius 1 is 0.975 bits per heavy atom. The number of aliphatic hydroxyl groups excluding tert-OH is 1. The van der Waals surface area contributed by atoms with Crippen LogP contribution in [0, 0.1) is 39.9 Å². The second-order valence-electron chi connectivity index (χ2n) is 14.0. The first-order valence-corrected chi connectivity index (χ1v) is 14.7. The summed E-state index contributed by atoms with van der Waals surface area (Å²) in [5.41, 5.74) is -1.14. The van der Waals surface area contributed by atoms with Crippen LogP contribution in [-0.4, -0.2) is 59.5 Å². The van der Waals surface area contributed by atoms with Crippen molar-refractivity contribution in [3.63, 3.8) is 0 Å². The predicted molar refractivity (Wildman–Crippen MR) is 142 cm³/mol. The van der Waals surface area contributed by atoms with Crippen LogP contribution >= 0.6 is 0 Å². The van der Waals surface area contributed by atoms with Crippen LogP contribution < -0.4 is 0 Å². The minimum atomic E-state index is -1.11. The van der Waals surface area contributed by atoms with Crippen molar-refractivity contribution in [1.82, 2.24) is 0 Å². The van der Waals surface area contributed by atoms with Crippen LogP contribution in [0.4, 0.5) is 0 Å². The zero-order valence-electron chi connectivity index (χ0n) is 24.8. The van der Waals surface area contributed by atoms with Gasteiger partial charge in [-0.25, -0.2) is 4.79 Å². The van der Waals surface area contributed by atoms with Crippen molar-refractivity contribution in [1.29, 1.82) is 0 Å². The molecule has 0 radical (unpaired) electrons. The molecule has 1 N–H and O–H groups in total. The Labute approximate surface area is 236 Å². The fourth-order valence-corrected chi connectivity index (χ4v) is 10.1. The quantitative estimate of drug-likeness (QED) is 0.311. The van der Waals surface area contributed by atoms with E-state index in [0.717, 1.165) is 19.3 Å². The highest BCUT2D eigenvalue weighted by Crippen LogP contribution is 2.72. The maximum atomic E-state index is 13.0. The molecule has 222 valence electrons. The summed E-state index contributed by atoms with van der Waals surface area (Å²) in [4.78, 5) is 49.8. The minimum absolute atomic E-state index is 0.0160. The molecular formula is C31H44O9. The SMILES string of the molecule is CC(=O)OC1CC2C(C)(C)OC(=O)CC(OC(C)=O)C2(C)C2CCC3(C)C(=CCC3C3COC(=O)C(O)C3)C12C. The number of carbonyl (C=O) groups is 4. The van der Waals surface area contributed by atoms with Crippen molar-refractivity contribution in [3.05, 3.63) is 11.6 Å². The molecule has 0 aromatic heterocycles. The van der Waals surface area contributed by atoms with Gasteiger partial charge in [0.1, 0.15) is 17.8 Å². The first-order valence-electron chi connectivity index (χ1n) is 14.7. The van der Waals surface area contributed by atoms with Crippen LogP contribution in [-0.2, 0) is 38.1 Å². The molecule has 10 unspecified atom stereocenters. The van der Waals surface area contributed by atoms with Gasteiger partial charge in [-0.05, 0) is 63.2 Å². The summed E-state index contributed by atoms with van der Waals surface area (Å²) in [5.74, 6) is -1.89. The molecule has 0 amide bonds. The number of rotatable bonds is 3. The summed E-state index contributed by atoms with van der Waals surface area (Å²) < 4.78 is 23.4. The average Bonchev–Trinajstić information content (AvgIpc) is 3.16. The van der Waals surface area contributed by atoms with E-state index in [0.29, 0.717) is 12.8 Å². The van der Waals surface area contributed by atoms with Gasteiger partial charge in [0.05, 0.1) is 13.0 Å². The highest BCUT2D eigenvalue weighted by Gasteiger charge is 2.71. The Kier molecular flexibility index (Phi) is 6.96. The van der Waals surface area contributed by atoms with Gasteiger partial charge in [0.25, 0.3) is 0 Å². The van der Waals surface area contributed by atoms with Crippen molar-refractivity contribution >= 4 is 23.9 Å². The molecule has 10 atom stereocenters. The van der Waals surface area contributed by atoms with E-state index in [2.05, 4.69) is 26.8 Å². The average molecular weight is 561 g/mol. The highest BCUT2D eigenvalue weighted by molar-refractivity contribution is 5.75. The topological polar surface area (TPSA) is 125 Å². The smallest absolute Gasteiger partial charge is 0.334 e. The molecule has 2 saturated heterocycles. The zero-order chi connectivity index (χ0) is 29.4. The molecule has 5 rings (SSSR count). The van der Waals surface area contributed by atoms with Crippen LogP contribution in [0.3, 0.4) is 0 Å².